The summed E-state index contributed by atoms with van der Waals surface area (Å²) in [6.45, 7) is 3.17. The molecule has 0 saturated carbocycles. The molecule has 2 N–H and O–H groups in total. The van der Waals surface area contributed by atoms with Crippen LogP contribution in [-0.2, 0) is 13.1 Å². The lowest BCUT2D eigenvalue weighted by Crippen LogP contribution is -2.25. The molecule has 0 radical (unpaired) electrons. The van der Waals surface area contributed by atoms with E-state index in [0.717, 1.165) is 13.0 Å². The Hall–Kier alpha value is -2.18. The van der Waals surface area contributed by atoms with Crippen molar-refractivity contribution in [2.45, 2.75) is 26.4 Å². The maximum Gasteiger partial charge on any atom is 0.268 e. The number of hydrogen-bond acceptors (Lipinski definition) is 4. The maximum absolute atomic E-state index is 11.9. The minimum absolute atomic E-state index is 0.131. The van der Waals surface area contributed by atoms with E-state index in [1.54, 1.807) is 6.07 Å². The van der Waals surface area contributed by atoms with Crippen molar-refractivity contribution in [1.82, 2.24) is 30.5 Å². The molecular weight excluding hydrogens is 220 g/mol. The lowest BCUT2D eigenvalue weighted by atomic mass is 10.3. The summed E-state index contributed by atoms with van der Waals surface area (Å²) in [5.41, 5.74) is 0.648. The number of hydrogen-bond donors (Lipinski definition) is 2. The number of rotatable bonds is 5. The van der Waals surface area contributed by atoms with Crippen molar-refractivity contribution in [3.05, 3.63) is 29.8 Å². The zero-order valence-corrected chi connectivity index (χ0v) is 9.55. The quantitative estimate of drug-likeness (QED) is 0.780. The fourth-order valence-electron chi connectivity index (χ4n) is 1.56. The number of aromatic nitrogens is 5. The Bertz CT molecular complexity index is 475. The van der Waals surface area contributed by atoms with Crippen molar-refractivity contribution in [3.63, 3.8) is 0 Å². The van der Waals surface area contributed by atoms with Crippen LogP contribution in [-0.4, -0.2) is 31.1 Å². The molecule has 0 aliphatic rings. The number of amides is 1. The molecule has 2 aromatic heterocycles. The fraction of sp³-hybridized carbons (Fsp3) is 0.400. The first-order valence-corrected chi connectivity index (χ1v) is 5.47. The number of carbonyl (C=O) groups excluding carboxylic acids is 1. The maximum atomic E-state index is 11.9. The van der Waals surface area contributed by atoms with E-state index in [1.807, 2.05) is 16.8 Å². The van der Waals surface area contributed by atoms with E-state index in [2.05, 4.69) is 32.9 Å². The first-order valence-electron chi connectivity index (χ1n) is 5.47. The molecule has 0 aliphatic heterocycles. The minimum Gasteiger partial charge on any atom is -0.344 e. The van der Waals surface area contributed by atoms with Gasteiger partial charge in [0.1, 0.15) is 5.69 Å². The van der Waals surface area contributed by atoms with Gasteiger partial charge in [-0.2, -0.15) is 5.21 Å². The molecule has 90 valence electrons. The van der Waals surface area contributed by atoms with E-state index >= 15 is 0 Å². The summed E-state index contributed by atoms with van der Waals surface area (Å²) in [5, 5.41) is 16.0. The van der Waals surface area contributed by atoms with Gasteiger partial charge in [0.05, 0.1) is 6.54 Å². The van der Waals surface area contributed by atoms with Gasteiger partial charge < -0.3 is 9.88 Å². The van der Waals surface area contributed by atoms with Crippen LogP contribution < -0.4 is 5.32 Å². The third-order valence-electron chi connectivity index (χ3n) is 2.32. The summed E-state index contributed by atoms with van der Waals surface area (Å²) in [5.74, 6) is 0.334. The van der Waals surface area contributed by atoms with Gasteiger partial charge in [-0.3, -0.25) is 4.79 Å². The van der Waals surface area contributed by atoms with E-state index in [9.17, 15) is 4.79 Å². The van der Waals surface area contributed by atoms with Gasteiger partial charge in [-0.25, -0.2) is 0 Å². The first kappa shape index (κ1) is 11.3. The van der Waals surface area contributed by atoms with Crippen LogP contribution in [0, 0.1) is 0 Å². The lowest BCUT2D eigenvalue weighted by molar-refractivity contribution is 0.0940. The molecule has 0 bridgehead atoms. The van der Waals surface area contributed by atoms with Crippen molar-refractivity contribution in [1.29, 1.82) is 0 Å². The van der Waals surface area contributed by atoms with Gasteiger partial charge in [-0.15, -0.1) is 10.2 Å². The second-order valence-corrected chi connectivity index (χ2v) is 3.60. The van der Waals surface area contributed by atoms with E-state index in [1.165, 1.54) is 0 Å². The van der Waals surface area contributed by atoms with Crippen LogP contribution >= 0.6 is 0 Å². The summed E-state index contributed by atoms with van der Waals surface area (Å²) in [7, 11) is 0. The fourth-order valence-corrected chi connectivity index (χ4v) is 1.56. The molecule has 2 aromatic rings. The number of carbonyl (C=O) groups is 1. The largest absolute Gasteiger partial charge is 0.344 e. The predicted molar refractivity (Wildman–Crippen MR) is 60.1 cm³/mol. The SMILES string of the molecule is CCCn1cccc1C(=O)NCc1nn[nH]n1. The van der Waals surface area contributed by atoms with Gasteiger partial charge in [0.2, 0.25) is 0 Å². The Kier molecular flexibility index (Phi) is 3.49. The van der Waals surface area contributed by atoms with Crippen LogP contribution in [0.3, 0.4) is 0 Å². The summed E-state index contributed by atoms with van der Waals surface area (Å²) >= 11 is 0. The zero-order chi connectivity index (χ0) is 12.1. The van der Waals surface area contributed by atoms with Crippen LogP contribution in [0.1, 0.15) is 29.7 Å². The van der Waals surface area contributed by atoms with Gasteiger partial charge >= 0.3 is 0 Å². The highest BCUT2D eigenvalue weighted by molar-refractivity contribution is 5.92. The van der Waals surface area contributed by atoms with Gasteiger partial charge in [-0.05, 0) is 18.6 Å². The minimum atomic E-state index is -0.131. The van der Waals surface area contributed by atoms with Crippen molar-refractivity contribution in [2.75, 3.05) is 0 Å². The average Bonchev–Trinajstić information content (AvgIpc) is 2.97. The second-order valence-electron chi connectivity index (χ2n) is 3.60. The molecule has 0 fully saturated rings. The van der Waals surface area contributed by atoms with Gasteiger partial charge in [0, 0.05) is 12.7 Å². The molecule has 0 saturated heterocycles. The molecule has 17 heavy (non-hydrogen) atoms. The normalized spacial score (nSPS) is 10.4. The molecule has 0 aromatic carbocycles. The Morgan fingerprint density at radius 3 is 3.18 bits per heavy atom. The highest BCUT2D eigenvalue weighted by atomic mass is 16.1. The molecule has 0 unspecified atom stereocenters. The number of nitrogens with one attached hydrogen (secondary N) is 2. The van der Waals surface area contributed by atoms with Crippen molar-refractivity contribution >= 4 is 5.91 Å². The number of aryl methyl sites for hydroxylation is 1. The Morgan fingerprint density at radius 2 is 2.47 bits per heavy atom. The number of H-pyrrole nitrogens is 1. The van der Waals surface area contributed by atoms with Crippen molar-refractivity contribution in [3.8, 4) is 0 Å². The Balaban J connectivity index is 1.97. The first-order chi connectivity index (χ1) is 8.31. The van der Waals surface area contributed by atoms with Gasteiger partial charge in [-0.1, -0.05) is 12.1 Å². The number of aromatic amines is 1. The van der Waals surface area contributed by atoms with Crippen LogP contribution in [0.25, 0.3) is 0 Å². The molecule has 2 heterocycles. The standard InChI is InChI=1S/C10H14N6O/c1-2-5-16-6-3-4-8(16)10(17)11-7-9-12-14-15-13-9/h3-4,6H,2,5,7H2,1H3,(H,11,17)(H,12,13,14,15). The molecule has 7 heteroatoms. The smallest absolute Gasteiger partial charge is 0.268 e. The highest BCUT2D eigenvalue weighted by Crippen LogP contribution is 2.03. The van der Waals surface area contributed by atoms with Crippen molar-refractivity contribution in [2.24, 2.45) is 0 Å². The van der Waals surface area contributed by atoms with Crippen molar-refractivity contribution < 1.29 is 4.79 Å². The molecule has 0 spiro atoms. The Morgan fingerprint density at radius 1 is 1.59 bits per heavy atom. The lowest BCUT2D eigenvalue weighted by Gasteiger charge is -2.07. The summed E-state index contributed by atoms with van der Waals surface area (Å²) in [6, 6.07) is 3.65. The monoisotopic (exact) mass is 234 g/mol. The van der Waals surface area contributed by atoms with E-state index < -0.39 is 0 Å². The third kappa shape index (κ3) is 2.68. The third-order valence-corrected chi connectivity index (χ3v) is 2.32. The van der Waals surface area contributed by atoms with Crippen LogP contribution in [0.5, 0.6) is 0 Å². The van der Waals surface area contributed by atoms with Crippen LogP contribution in [0.4, 0.5) is 0 Å². The van der Waals surface area contributed by atoms with E-state index in [0.29, 0.717) is 11.5 Å². The summed E-state index contributed by atoms with van der Waals surface area (Å²) in [4.78, 5) is 11.9. The molecular formula is C10H14N6O. The number of nitrogens with zero attached hydrogens (tertiary/aromatic N) is 4. The van der Waals surface area contributed by atoms with Gasteiger partial charge in [0.15, 0.2) is 5.82 Å². The summed E-state index contributed by atoms with van der Waals surface area (Å²) < 4.78 is 1.92. The summed E-state index contributed by atoms with van der Waals surface area (Å²) in [6.07, 6.45) is 2.88. The van der Waals surface area contributed by atoms with Crippen LogP contribution in [0.2, 0.25) is 0 Å². The van der Waals surface area contributed by atoms with E-state index in [4.69, 9.17) is 0 Å². The molecule has 2 rings (SSSR count). The van der Waals surface area contributed by atoms with E-state index in [-0.39, 0.29) is 12.5 Å². The molecule has 7 nitrogen and oxygen atoms in total. The van der Waals surface area contributed by atoms with Gasteiger partial charge in [0.25, 0.3) is 5.91 Å². The Labute approximate surface area is 98.2 Å². The molecule has 0 aliphatic carbocycles. The molecule has 0 atom stereocenters. The predicted octanol–water partition coefficient (Wildman–Crippen LogP) is 0.341. The number of tetrazole rings is 1. The average molecular weight is 234 g/mol. The molecule has 1 amide bonds. The van der Waals surface area contributed by atoms with Crippen LogP contribution in [0.15, 0.2) is 18.3 Å². The topological polar surface area (TPSA) is 88.5 Å². The highest BCUT2D eigenvalue weighted by Gasteiger charge is 2.10. The second kappa shape index (κ2) is 5.24. The zero-order valence-electron chi connectivity index (χ0n) is 9.55.